The zero-order valence-corrected chi connectivity index (χ0v) is 11.1. The fourth-order valence-electron chi connectivity index (χ4n) is 1.89. The molecule has 5 nitrogen and oxygen atoms in total. The van der Waals surface area contributed by atoms with Gasteiger partial charge < -0.3 is 16.0 Å². The van der Waals surface area contributed by atoms with Gasteiger partial charge in [0.2, 0.25) is 11.8 Å². The first-order valence-electron chi connectivity index (χ1n) is 6.60. The SMILES string of the molecule is NC(=O)CN(CC(=O)NCC1CC1)c1ccc(F)cc1. The number of rotatable bonds is 7. The molecule has 20 heavy (non-hydrogen) atoms. The van der Waals surface area contributed by atoms with Gasteiger partial charge in [-0.25, -0.2) is 4.39 Å². The van der Waals surface area contributed by atoms with E-state index in [1.54, 1.807) is 0 Å². The fourth-order valence-corrected chi connectivity index (χ4v) is 1.89. The van der Waals surface area contributed by atoms with Crippen molar-refractivity contribution in [2.24, 2.45) is 11.7 Å². The molecule has 0 radical (unpaired) electrons. The molecular weight excluding hydrogens is 261 g/mol. The number of carbonyl (C=O) groups is 2. The van der Waals surface area contributed by atoms with Crippen molar-refractivity contribution in [2.75, 3.05) is 24.5 Å². The van der Waals surface area contributed by atoms with E-state index in [9.17, 15) is 14.0 Å². The van der Waals surface area contributed by atoms with Crippen molar-refractivity contribution in [1.82, 2.24) is 5.32 Å². The number of nitrogens with one attached hydrogen (secondary N) is 1. The smallest absolute Gasteiger partial charge is 0.239 e. The van der Waals surface area contributed by atoms with Crippen molar-refractivity contribution in [2.45, 2.75) is 12.8 Å². The van der Waals surface area contributed by atoms with Crippen molar-refractivity contribution >= 4 is 17.5 Å². The maximum absolute atomic E-state index is 12.9. The first kappa shape index (κ1) is 14.3. The average Bonchev–Trinajstić information content (AvgIpc) is 3.20. The van der Waals surface area contributed by atoms with Crippen molar-refractivity contribution in [3.05, 3.63) is 30.1 Å². The van der Waals surface area contributed by atoms with Crippen LogP contribution in [0, 0.1) is 11.7 Å². The normalized spacial score (nSPS) is 13.8. The predicted molar refractivity (Wildman–Crippen MR) is 73.5 cm³/mol. The molecule has 0 bridgehead atoms. The lowest BCUT2D eigenvalue weighted by Crippen LogP contribution is -2.42. The topological polar surface area (TPSA) is 75.4 Å². The molecule has 1 aromatic carbocycles. The highest BCUT2D eigenvalue weighted by Crippen LogP contribution is 2.27. The zero-order valence-electron chi connectivity index (χ0n) is 11.1. The van der Waals surface area contributed by atoms with Gasteiger partial charge in [-0.1, -0.05) is 0 Å². The number of halogens is 1. The van der Waals surface area contributed by atoms with Gasteiger partial charge in [0, 0.05) is 12.2 Å². The molecule has 1 aliphatic carbocycles. The quantitative estimate of drug-likeness (QED) is 0.769. The summed E-state index contributed by atoms with van der Waals surface area (Å²) < 4.78 is 12.9. The molecule has 0 saturated heterocycles. The molecule has 1 aliphatic rings. The van der Waals surface area contributed by atoms with Crippen molar-refractivity contribution < 1.29 is 14.0 Å². The summed E-state index contributed by atoms with van der Waals surface area (Å²) >= 11 is 0. The molecule has 0 aromatic heterocycles. The van der Waals surface area contributed by atoms with Crippen LogP contribution in [0.2, 0.25) is 0 Å². The average molecular weight is 279 g/mol. The Kier molecular flexibility index (Phi) is 4.55. The molecule has 3 N–H and O–H groups in total. The Bertz CT molecular complexity index is 486. The standard InChI is InChI=1S/C14H18FN3O2/c15-11-3-5-12(6-4-11)18(8-13(16)19)9-14(20)17-7-10-1-2-10/h3-6,10H,1-2,7-9H2,(H2,16,19)(H,17,20). The summed E-state index contributed by atoms with van der Waals surface area (Å²) in [6.45, 7) is 0.621. The highest BCUT2D eigenvalue weighted by molar-refractivity contribution is 5.85. The second-order valence-electron chi connectivity index (χ2n) is 5.05. The number of nitrogens with zero attached hydrogens (tertiary/aromatic N) is 1. The maximum atomic E-state index is 12.9. The van der Waals surface area contributed by atoms with E-state index in [1.807, 2.05) is 0 Å². The van der Waals surface area contributed by atoms with Crippen LogP contribution in [-0.2, 0) is 9.59 Å². The minimum absolute atomic E-state index is 0.0291. The Labute approximate surface area is 116 Å². The first-order chi connectivity index (χ1) is 9.54. The van der Waals surface area contributed by atoms with Crippen molar-refractivity contribution in [3.63, 3.8) is 0 Å². The number of benzene rings is 1. The second kappa shape index (κ2) is 6.36. The molecule has 0 spiro atoms. The summed E-state index contributed by atoms with van der Waals surface area (Å²) in [5.41, 5.74) is 5.77. The van der Waals surface area contributed by atoms with Gasteiger partial charge in [0.15, 0.2) is 0 Å². The number of hydrogen-bond acceptors (Lipinski definition) is 3. The number of primary amides is 1. The summed E-state index contributed by atoms with van der Waals surface area (Å²) in [5.74, 6) is -0.480. The van der Waals surface area contributed by atoms with E-state index in [0.29, 0.717) is 18.2 Å². The molecule has 0 aliphatic heterocycles. The van der Waals surface area contributed by atoms with Crippen LogP contribution in [0.3, 0.4) is 0 Å². The van der Waals surface area contributed by atoms with Gasteiger partial charge in [0.05, 0.1) is 13.1 Å². The van der Waals surface area contributed by atoms with Crippen LogP contribution in [0.25, 0.3) is 0 Å². The number of hydrogen-bond donors (Lipinski definition) is 2. The third-order valence-corrected chi connectivity index (χ3v) is 3.16. The Balaban J connectivity index is 1.96. The van der Waals surface area contributed by atoms with Crippen LogP contribution >= 0.6 is 0 Å². The van der Waals surface area contributed by atoms with E-state index in [-0.39, 0.29) is 24.8 Å². The number of nitrogens with two attached hydrogens (primary N) is 1. The summed E-state index contributed by atoms with van der Waals surface area (Å²) in [5, 5.41) is 2.82. The Morgan fingerprint density at radius 2 is 1.90 bits per heavy atom. The van der Waals surface area contributed by atoms with E-state index in [0.717, 1.165) is 12.8 Å². The molecule has 1 fully saturated rings. The van der Waals surface area contributed by atoms with Crippen molar-refractivity contribution in [3.8, 4) is 0 Å². The predicted octanol–water partition coefficient (Wildman–Crippen LogP) is 0.644. The molecule has 1 aromatic rings. The van der Waals surface area contributed by atoms with Gasteiger partial charge in [0.25, 0.3) is 0 Å². The van der Waals surface area contributed by atoms with Crippen LogP contribution < -0.4 is 16.0 Å². The van der Waals surface area contributed by atoms with E-state index in [2.05, 4.69) is 5.32 Å². The third kappa shape index (κ3) is 4.53. The number of amides is 2. The monoisotopic (exact) mass is 279 g/mol. The molecule has 0 heterocycles. The lowest BCUT2D eigenvalue weighted by molar-refractivity contribution is -0.120. The molecule has 1 saturated carbocycles. The Hall–Kier alpha value is -2.11. The number of anilines is 1. The van der Waals surface area contributed by atoms with Crippen molar-refractivity contribution in [1.29, 1.82) is 0 Å². The van der Waals surface area contributed by atoms with Crippen LogP contribution in [0.1, 0.15) is 12.8 Å². The van der Waals surface area contributed by atoms with E-state index in [1.165, 1.54) is 29.2 Å². The van der Waals surface area contributed by atoms with Gasteiger partial charge in [-0.3, -0.25) is 9.59 Å². The molecule has 2 rings (SSSR count). The summed E-state index contributed by atoms with van der Waals surface area (Å²) in [7, 11) is 0. The summed E-state index contributed by atoms with van der Waals surface area (Å²) in [6.07, 6.45) is 2.31. The number of carbonyl (C=O) groups excluding carboxylic acids is 2. The highest BCUT2D eigenvalue weighted by atomic mass is 19.1. The molecule has 0 atom stereocenters. The first-order valence-corrected chi connectivity index (χ1v) is 6.60. The summed E-state index contributed by atoms with van der Waals surface area (Å²) in [4.78, 5) is 24.4. The fraction of sp³-hybridized carbons (Fsp3) is 0.429. The van der Waals surface area contributed by atoms with E-state index >= 15 is 0 Å². The maximum Gasteiger partial charge on any atom is 0.239 e. The van der Waals surface area contributed by atoms with Gasteiger partial charge >= 0.3 is 0 Å². The molecule has 0 unspecified atom stereocenters. The van der Waals surface area contributed by atoms with Crippen LogP contribution in [-0.4, -0.2) is 31.4 Å². The highest BCUT2D eigenvalue weighted by Gasteiger charge is 2.22. The lowest BCUT2D eigenvalue weighted by Gasteiger charge is -2.22. The van der Waals surface area contributed by atoms with Crippen LogP contribution in [0.4, 0.5) is 10.1 Å². The van der Waals surface area contributed by atoms with Crippen LogP contribution in [0.5, 0.6) is 0 Å². The third-order valence-electron chi connectivity index (χ3n) is 3.16. The van der Waals surface area contributed by atoms with E-state index < -0.39 is 5.91 Å². The zero-order chi connectivity index (χ0) is 14.5. The van der Waals surface area contributed by atoms with Gasteiger partial charge in [-0.2, -0.15) is 0 Å². The van der Waals surface area contributed by atoms with Crippen LogP contribution in [0.15, 0.2) is 24.3 Å². The minimum Gasteiger partial charge on any atom is -0.368 e. The van der Waals surface area contributed by atoms with E-state index in [4.69, 9.17) is 5.73 Å². The second-order valence-corrected chi connectivity index (χ2v) is 5.05. The molecule has 2 amide bonds. The Morgan fingerprint density at radius 3 is 2.45 bits per heavy atom. The largest absolute Gasteiger partial charge is 0.368 e. The molecular formula is C14H18FN3O2. The van der Waals surface area contributed by atoms with Gasteiger partial charge in [-0.05, 0) is 43.0 Å². The van der Waals surface area contributed by atoms with Gasteiger partial charge in [-0.15, -0.1) is 0 Å². The van der Waals surface area contributed by atoms with Gasteiger partial charge in [0.1, 0.15) is 5.82 Å². The molecule has 6 heteroatoms. The lowest BCUT2D eigenvalue weighted by atomic mass is 10.2. The Morgan fingerprint density at radius 1 is 1.25 bits per heavy atom. The summed E-state index contributed by atoms with van der Waals surface area (Å²) in [6, 6.07) is 5.61. The minimum atomic E-state index is -0.538. The molecule has 108 valence electrons.